The predicted molar refractivity (Wildman–Crippen MR) is 59.8 cm³/mol. The maximum Gasteiger partial charge on any atom is 0.242 e. The van der Waals surface area contributed by atoms with Crippen LogP contribution in [0.2, 0.25) is 0 Å². The van der Waals surface area contributed by atoms with Gasteiger partial charge in [0.1, 0.15) is 6.54 Å². The van der Waals surface area contributed by atoms with Crippen LogP contribution in [0.3, 0.4) is 0 Å². The van der Waals surface area contributed by atoms with Crippen LogP contribution >= 0.6 is 0 Å². The number of rotatable bonds is 3. The molecule has 2 rings (SSSR count). The van der Waals surface area contributed by atoms with Crippen molar-refractivity contribution in [1.29, 1.82) is 0 Å². The van der Waals surface area contributed by atoms with Gasteiger partial charge in [0.05, 0.1) is 11.9 Å². The third-order valence-electron chi connectivity index (χ3n) is 3.07. The maximum absolute atomic E-state index is 11.7. The highest BCUT2D eigenvalue weighted by Gasteiger charge is 2.16. The Bertz CT molecular complexity index is 355. The first-order valence-corrected chi connectivity index (χ1v) is 5.90. The smallest absolute Gasteiger partial charge is 0.242 e. The van der Waals surface area contributed by atoms with E-state index in [0.29, 0.717) is 6.04 Å². The van der Waals surface area contributed by atoms with Crippen molar-refractivity contribution in [3.63, 3.8) is 0 Å². The van der Waals surface area contributed by atoms with Gasteiger partial charge >= 0.3 is 0 Å². The Balaban J connectivity index is 1.82. The van der Waals surface area contributed by atoms with Gasteiger partial charge in [0.25, 0.3) is 0 Å². The second kappa shape index (κ2) is 5.09. The summed E-state index contributed by atoms with van der Waals surface area (Å²) in [5, 5.41) is 10.7. The minimum atomic E-state index is 0.0421. The molecular weight excluding hydrogens is 204 g/mol. The summed E-state index contributed by atoms with van der Waals surface area (Å²) in [5.41, 5.74) is 0.916. The van der Waals surface area contributed by atoms with Crippen molar-refractivity contribution in [2.75, 3.05) is 0 Å². The minimum Gasteiger partial charge on any atom is -0.352 e. The summed E-state index contributed by atoms with van der Waals surface area (Å²) in [6.45, 7) is 2.18. The molecule has 5 heteroatoms. The van der Waals surface area contributed by atoms with E-state index in [0.717, 1.165) is 18.5 Å². The van der Waals surface area contributed by atoms with Crippen LogP contribution in [0, 0.1) is 6.92 Å². The molecule has 0 aliphatic heterocycles. The lowest BCUT2D eigenvalue weighted by Crippen LogP contribution is -2.38. The second-order valence-corrected chi connectivity index (χ2v) is 4.44. The average Bonchev–Trinajstić information content (AvgIpc) is 2.66. The van der Waals surface area contributed by atoms with E-state index in [2.05, 4.69) is 15.6 Å². The van der Waals surface area contributed by atoms with Crippen LogP contribution < -0.4 is 5.32 Å². The molecule has 0 spiro atoms. The van der Waals surface area contributed by atoms with E-state index in [1.165, 1.54) is 19.3 Å². The number of aromatic nitrogens is 3. The van der Waals surface area contributed by atoms with E-state index in [1.807, 2.05) is 6.92 Å². The van der Waals surface area contributed by atoms with E-state index in [4.69, 9.17) is 0 Å². The summed E-state index contributed by atoms with van der Waals surface area (Å²) in [5.74, 6) is 0.0421. The standard InChI is InChI=1S/C11H18N4O/c1-9-7-12-14-15(9)8-11(16)13-10-5-3-2-4-6-10/h7,10H,2-6,8H2,1H3,(H,13,16). The first-order valence-electron chi connectivity index (χ1n) is 5.90. The number of hydrogen-bond acceptors (Lipinski definition) is 3. The molecule has 16 heavy (non-hydrogen) atoms. The molecule has 0 radical (unpaired) electrons. The third kappa shape index (κ3) is 2.81. The number of carbonyl (C=O) groups excluding carboxylic acids is 1. The topological polar surface area (TPSA) is 59.8 Å². The molecule has 0 atom stereocenters. The average molecular weight is 222 g/mol. The fraction of sp³-hybridized carbons (Fsp3) is 0.727. The molecule has 1 aliphatic rings. The lowest BCUT2D eigenvalue weighted by molar-refractivity contribution is -0.122. The molecule has 1 aliphatic carbocycles. The van der Waals surface area contributed by atoms with Crippen molar-refractivity contribution >= 4 is 5.91 Å². The van der Waals surface area contributed by atoms with E-state index in [-0.39, 0.29) is 12.5 Å². The minimum absolute atomic E-state index is 0.0421. The Labute approximate surface area is 95.2 Å². The molecule has 1 heterocycles. The highest BCUT2D eigenvalue weighted by Crippen LogP contribution is 2.17. The van der Waals surface area contributed by atoms with Crippen LogP contribution in [0.5, 0.6) is 0 Å². The predicted octanol–water partition coefficient (Wildman–Crippen LogP) is 1.04. The number of nitrogens with zero attached hydrogens (tertiary/aromatic N) is 3. The van der Waals surface area contributed by atoms with Gasteiger partial charge in [0.15, 0.2) is 0 Å². The SMILES string of the molecule is Cc1cnnn1CC(=O)NC1CCCCC1. The molecule has 88 valence electrons. The van der Waals surface area contributed by atoms with Gasteiger partial charge in [-0.25, -0.2) is 4.68 Å². The largest absolute Gasteiger partial charge is 0.352 e. The lowest BCUT2D eigenvalue weighted by Gasteiger charge is -2.22. The van der Waals surface area contributed by atoms with Crippen molar-refractivity contribution in [1.82, 2.24) is 20.3 Å². The molecule has 0 bridgehead atoms. The fourth-order valence-corrected chi connectivity index (χ4v) is 2.12. The molecule has 0 aromatic carbocycles. The first-order chi connectivity index (χ1) is 7.75. The van der Waals surface area contributed by atoms with Gasteiger partial charge in [-0.3, -0.25) is 4.79 Å². The van der Waals surface area contributed by atoms with Crippen LogP contribution in [0.15, 0.2) is 6.20 Å². The normalized spacial score (nSPS) is 17.3. The van der Waals surface area contributed by atoms with Gasteiger partial charge in [-0.1, -0.05) is 24.5 Å². The number of amides is 1. The van der Waals surface area contributed by atoms with Crippen LogP contribution in [0.4, 0.5) is 0 Å². The van der Waals surface area contributed by atoms with Crippen molar-refractivity contribution < 1.29 is 4.79 Å². The zero-order chi connectivity index (χ0) is 11.4. The van der Waals surface area contributed by atoms with Crippen molar-refractivity contribution in [2.24, 2.45) is 0 Å². The fourth-order valence-electron chi connectivity index (χ4n) is 2.12. The third-order valence-corrected chi connectivity index (χ3v) is 3.07. The van der Waals surface area contributed by atoms with Crippen LogP contribution in [-0.2, 0) is 11.3 Å². The molecule has 5 nitrogen and oxygen atoms in total. The quantitative estimate of drug-likeness (QED) is 0.831. The van der Waals surface area contributed by atoms with Gasteiger partial charge in [0.2, 0.25) is 5.91 Å². The number of hydrogen-bond donors (Lipinski definition) is 1. The maximum atomic E-state index is 11.7. The van der Waals surface area contributed by atoms with Gasteiger partial charge in [-0.2, -0.15) is 0 Å². The summed E-state index contributed by atoms with van der Waals surface area (Å²) < 4.78 is 1.62. The molecule has 1 saturated carbocycles. The Morgan fingerprint density at radius 2 is 2.25 bits per heavy atom. The van der Waals surface area contributed by atoms with Crippen molar-refractivity contribution in [2.45, 2.75) is 51.6 Å². The number of carbonyl (C=O) groups is 1. The summed E-state index contributed by atoms with van der Waals surface area (Å²) in [4.78, 5) is 11.7. The van der Waals surface area contributed by atoms with Crippen LogP contribution in [0.1, 0.15) is 37.8 Å². The van der Waals surface area contributed by atoms with Crippen molar-refractivity contribution in [3.05, 3.63) is 11.9 Å². The summed E-state index contributed by atoms with van der Waals surface area (Å²) in [6.07, 6.45) is 7.65. The zero-order valence-corrected chi connectivity index (χ0v) is 9.65. The number of aryl methyl sites for hydroxylation is 1. The monoisotopic (exact) mass is 222 g/mol. The Morgan fingerprint density at radius 1 is 1.50 bits per heavy atom. The molecule has 1 amide bonds. The van der Waals surface area contributed by atoms with Gasteiger partial charge in [0, 0.05) is 6.04 Å². The van der Waals surface area contributed by atoms with E-state index in [9.17, 15) is 4.79 Å². The second-order valence-electron chi connectivity index (χ2n) is 4.44. The van der Waals surface area contributed by atoms with E-state index >= 15 is 0 Å². The van der Waals surface area contributed by atoms with Crippen LogP contribution in [-0.4, -0.2) is 26.9 Å². The van der Waals surface area contributed by atoms with Gasteiger partial charge in [-0.05, 0) is 19.8 Å². The van der Waals surface area contributed by atoms with E-state index in [1.54, 1.807) is 10.9 Å². The molecular formula is C11H18N4O. The Morgan fingerprint density at radius 3 is 2.88 bits per heavy atom. The van der Waals surface area contributed by atoms with E-state index < -0.39 is 0 Å². The zero-order valence-electron chi connectivity index (χ0n) is 9.65. The van der Waals surface area contributed by atoms with Crippen LogP contribution in [0.25, 0.3) is 0 Å². The first kappa shape index (κ1) is 11.1. The molecule has 0 unspecified atom stereocenters. The highest BCUT2D eigenvalue weighted by molar-refractivity contribution is 5.76. The highest BCUT2D eigenvalue weighted by atomic mass is 16.2. The number of nitrogens with one attached hydrogen (secondary N) is 1. The summed E-state index contributed by atoms with van der Waals surface area (Å²) in [7, 11) is 0. The van der Waals surface area contributed by atoms with Crippen molar-refractivity contribution in [3.8, 4) is 0 Å². The molecule has 1 aromatic rings. The summed E-state index contributed by atoms with van der Waals surface area (Å²) >= 11 is 0. The lowest BCUT2D eigenvalue weighted by atomic mass is 9.95. The molecule has 1 aromatic heterocycles. The Hall–Kier alpha value is -1.39. The molecule has 1 N–H and O–H groups in total. The van der Waals surface area contributed by atoms with Gasteiger partial charge in [-0.15, -0.1) is 5.10 Å². The van der Waals surface area contributed by atoms with Gasteiger partial charge < -0.3 is 5.32 Å². The Kier molecular flexibility index (Phi) is 3.54. The molecule has 0 saturated heterocycles. The molecule has 1 fully saturated rings. The summed E-state index contributed by atoms with van der Waals surface area (Å²) in [6, 6.07) is 0.366.